The molecule has 0 unspecified atom stereocenters. The Labute approximate surface area is 186 Å². The van der Waals surface area contributed by atoms with Crippen LogP contribution in [0.5, 0.6) is 0 Å². The summed E-state index contributed by atoms with van der Waals surface area (Å²) in [6, 6.07) is 6.83. The Morgan fingerprint density at radius 3 is 2.39 bits per heavy atom. The number of aliphatic hydroxyl groups excluding tert-OH is 1. The molecule has 0 spiro atoms. The number of ether oxygens (including phenoxy) is 1. The van der Waals surface area contributed by atoms with Gasteiger partial charge in [-0.2, -0.15) is 0 Å². The summed E-state index contributed by atoms with van der Waals surface area (Å²) in [7, 11) is 0. The number of cyclic esters (lactones) is 1. The SMILES string of the molecule is CCCC1(CCC)CC(c2ccc(F)cc2)=C(/C=C/[C@H]2C[C@H](O)CC(=O)O2)C(C)(C)C1. The number of aliphatic hydroxyl groups is 1. The van der Waals surface area contributed by atoms with Gasteiger partial charge in [-0.15, -0.1) is 0 Å². The molecule has 2 aliphatic rings. The van der Waals surface area contributed by atoms with Crippen molar-refractivity contribution >= 4 is 11.5 Å². The smallest absolute Gasteiger partial charge is 0.309 e. The Hall–Kier alpha value is -1.94. The van der Waals surface area contributed by atoms with E-state index in [0.717, 1.165) is 31.2 Å². The van der Waals surface area contributed by atoms with Gasteiger partial charge in [-0.1, -0.05) is 58.7 Å². The van der Waals surface area contributed by atoms with Gasteiger partial charge in [0, 0.05) is 6.42 Å². The van der Waals surface area contributed by atoms with Crippen LogP contribution >= 0.6 is 0 Å². The number of allylic oxidation sites excluding steroid dienone is 3. The van der Waals surface area contributed by atoms with Crippen LogP contribution in [0.4, 0.5) is 4.39 Å². The summed E-state index contributed by atoms with van der Waals surface area (Å²) in [5, 5.41) is 9.95. The van der Waals surface area contributed by atoms with Crippen molar-refractivity contribution in [3.05, 3.63) is 53.4 Å². The van der Waals surface area contributed by atoms with Gasteiger partial charge in [0.05, 0.1) is 12.5 Å². The Balaban J connectivity index is 2.05. The van der Waals surface area contributed by atoms with E-state index >= 15 is 0 Å². The average molecular weight is 429 g/mol. The first-order valence-electron chi connectivity index (χ1n) is 11.7. The summed E-state index contributed by atoms with van der Waals surface area (Å²) in [6.07, 6.45) is 10.2. The van der Waals surface area contributed by atoms with Gasteiger partial charge in [-0.3, -0.25) is 4.79 Å². The lowest BCUT2D eigenvalue weighted by Gasteiger charge is -2.47. The quantitative estimate of drug-likeness (QED) is 0.497. The van der Waals surface area contributed by atoms with Crippen molar-refractivity contribution < 1.29 is 19.0 Å². The zero-order valence-electron chi connectivity index (χ0n) is 19.4. The molecule has 0 bridgehead atoms. The molecule has 1 aromatic rings. The summed E-state index contributed by atoms with van der Waals surface area (Å²) in [4.78, 5) is 11.7. The minimum absolute atomic E-state index is 0.0654. The third-order valence-corrected chi connectivity index (χ3v) is 6.84. The summed E-state index contributed by atoms with van der Waals surface area (Å²) >= 11 is 0. The molecule has 1 fully saturated rings. The highest BCUT2D eigenvalue weighted by Gasteiger charge is 2.42. The molecule has 31 heavy (non-hydrogen) atoms. The normalized spacial score (nSPS) is 25.7. The van der Waals surface area contributed by atoms with Gasteiger partial charge in [-0.05, 0) is 71.4 Å². The van der Waals surface area contributed by atoms with E-state index in [9.17, 15) is 14.3 Å². The van der Waals surface area contributed by atoms with Gasteiger partial charge in [0.1, 0.15) is 11.9 Å². The minimum Gasteiger partial charge on any atom is -0.458 e. The van der Waals surface area contributed by atoms with Crippen LogP contribution in [0.3, 0.4) is 0 Å². The number of benzene rings is 1. The molecule has 2 atom stereocenters. The van der Waals surface area contributed by atoms with Gasteiger partial charge in [-0.25, -0.2) is 4.39 Å². The third kappa shape index (κ3) is 5.65. The lowest BCUT2D eigenvalue weighted by Crippen LogP contribution is -2.35. The fraction of sp³-hybridized carbons (Fsp3) is 0.593. The maximum atomic E-state index is 13.7. The number of carbonyl (C=O) groups excluding carboxylic acids is 1. The molecule has 1 aromatic carbocycles. The molecular formula is C27H37FO3. The largest absolute Gasteiger partial charge is 0.458 e. The van der Waals surface area contributed by atoms with Gasteiger partial charge >= 0.3 is 5.97 Å². The maximum absolute atomic E-state index is 13.7. The van der Waals surface area contributed by atoms with Crippen LogP contribution in [0.15, 0.2) is 42.0 Å². The fourth-order valence-corrected chi connectivity index (χ4v) is 5.88. The van der Waals surface area contributed by atoms with Crippen molar-refractivity contribution in [1.82, 2.24) is 0 Å². The third-order valence-electron chi connectivity index (χ3n) is 6.84. The van der Waals surface area contributed by atoms with E-state index in [2.05, 4.69) is 33.8 Å². The first kappa shape index (κ1) is 23.7. The minimum atomic E-state index is -0.650. The van der Waals surface area contributed by atoms with Crippen LogP contribution in [0.25, 0.3) is 5.57 Å². The monoisotopic (exact) mass is 428 g/mol. The molecule has 0 amide bonds. The van der Waals surface area contributed by atoms with Crippen LogP contribution < -0.4 is 0 Å². The van der Waals surface area contributed by atoms with E-state index in [-0.39, 0.29) is 29.0 Å². The van der Waals surface area contributed by atoms with E-state index in [1.165, 1.54) is 36.1 Å². The molecule has 1 aliphatic heterocycles. The highest BCUT2D eigenvalue weighted by molar-refractivity contribution is 5.74. The number of rotatable bonds is 7. The van der Waals surface area contributed by atoms with Crippen LogP contribution in [0.2, 0.25) is 0 Å². The van der Waals surface area contributed by atoms with E-state index in [0.29, 0.717) is 6.42 Å². The summed E-state index contributed by atoms with van der Waals surface area (Å²) in [5.41, 5.74) is 3.71. The second-order valence-corrected chi connectivity index (χ2v) is 10.1. The van der Waals surface area contributed by atoms with E-state index < -0.39 is 12.2 Å². The van der Waals surface area contributed by atoms with Crippen molar-refractivity contribution in [1.29, 1.82) is 0 Å². The standard InChI is InChI=1S/C27H37FO3/c1-5-13-27(14-6-2)17-23(19-7-9-20(28)10-8-19)24(26(3,4)18-27)12-11-22-15-21(29)16-25(30)31-22/h7-12,21-22,29H,5-6,13-18H2,1-4H3/b12-11+/t21-,22-/m0/s1. The highest BCUT2D eigenvalue weighted by atomic mass is 19.1. The maximum Gasteiger partial charge on any atom is 0.309 e. The van der Waals surface area contributed by atoms with Crippen LogP contribution in [-0.4, -0.2) is 23.3 Å². The molecule has 1 aliphatic carbocycles. The van der Waals surface area contributed by atoms with Crippen molar-refractivity contribution in [3.63, 3.8) is 0 Å². The summed E-state index contributed by atoms with van der Waals surface area (Å²) in [6.45, 7) is 9.09. The zero-order chi connectivity index (χ0) is 22.6. The van der Waals surface area contributed by atoms with E-state index in [4.69, 9.17) is 4.74 Å². The van der Waals surface area contributed by atoms with Crippen molar-refractivity contribution in [2.45, 2.75) is 91.3 Å². The Morgan fingerprint density at radius 1 is 1.16 bits per heavy atom. The van der Waals surface area contributed by atoms with Gasteiger partial charge in [0.2, 0.25) is 0 Å². The van der Waals surface area contributed by atoms with Crippen LogP contribution in [-0.2, 0) is 9.53 Å². The zero-order valence-corrected chi connectivity index (χ0v) is 19.4. The Morgan fingerprint density at radius 2 is 1.81 bits per heavy atom. The first-order valence-corrected chi connectivity index (χ1v) is 11.7. The molecule has 1 saturated heterocycles. The van der Waals surface area contributed by atoms with Gasteiger partial charge < -0.3 is 9.84 Å². The van der Waals surface area contributed by atoms with Gasteiger partial charge in [0.15, 0.2) is 0 Å². The van der Waals surface area contributed by atoms with Crippen LogP contribution in [0, 0.1) is 16.6 Å². The van der Waals surface area contributed by atoms with Crippen molar-refractivity contribution in [2.75, 3.05) is 0 Å². The highest BCUT2D eigenvalue weighted by Crippen LogP contribution is 2.56. The summed E-state index contributed by atoms with van der Waals surface area (Å²) < 4.78 is 19.1. The predicted octanol–water partition coefficient (Wildman–Crippen LogP) is 6.61. The Bertz CT molecular complexity index is 829. The lowest BCUT2D eigenvalue weighted by atomic mass is 9.57. The average Bonchev–Trinajstić information content (AvgIpc) is 2.66. The summed E-state index contributed by atoms with van der Waals surface area (Å²) in [5.74, 6) is -0.582. The fourth-order valence-electron chi connectivity index (χ4n) is 5.88. The topological polar surface area (TPSA) is 46.5 Å². The molecule has 0 saturated carbocycles. The number of carbonyl (C=O) groups is 1. The molecule has 170 valence electrons. The molecule has 0 radical (unpaired) electrons. The van der Waals surface area contributed by atoms with Gasteiger partial charge in [0.25, 0.3) is 0 Å². The number of hydrogen-bond donors (Lipinski definition) is 1. The Kier molecular flexibility index (Phi) is 7.41. The molecule has 4 heteroatoms. The molecule has 1 N–H and O–H groups in total. The number of halogens is 1. The molecule has 0 aromatic heterocycles. The number of esters is 1. The van der Waals surface area contributed by atoms with Crippen LogP contribution in [0.1, 0.15) is 84.6 Å². The van der Waals surface area contributed by atoms with E-state index in [1.54, 1.807) is 0 Å². The first-order chi connectivity index (χ1) is 14.7. The molecule has 1 heterocycles. The second kappa shape index (κ2) is 9.68. The predicted molar refractivity (Wildman–Crippen MR) is 123 cm³/mol. The van der Waals surface area contributed by atoms with E-state index in [1.807, 2.05) is 18.2 Å². The second-order valence-electron chi connectivity index (χ2n) is 10.1. The van der Waals surface area contributed by atoms with Crippen molar-refractivity contribution in [3.8, 4) is 0 Å². The number of hydrogen-bond acceptors (Lipinski definition) is 3. The molecule has 3 rings (SSSR count). The van der Waals surface area contributed by atoms with Crippen molar-refractivity contribution in [2.24, 2.45) is 10.8 Å². The lowest BCUT2D eigenvalue weighted by molar-refractivity contribution is -0.156. The molecular weight excluding hydrogens is 391 g/mol. The molecule has 3 nitrogen and oxygen atoms in total.